The minimum absolute atomic E-state index is 0.167. The predicted octanol–water partition coefficient (Wildman–Crippen LogP) is 2.86. The molecule has 0 saturated carbocycles. The molecule has 1 N–H and O–H groups in total. The lowest BCUT2D eigenvalue weighted by molar-refractivity contribution is 0.0935. The number of amides is 1. The number of fused-ring (bicyclic) bond motifs is 1. The summed E-state index contributed by atoms with van der Waals surface area (Å²) in [5.74, 6) is 2.71. The van der Waals surface area contributed by atoms with Crippen LogP contribution in [0.4, 0.5) is 0 Å². The molecule has 0 radical (unpaired) electrons. The summed E-state index contributed by atoms with van der Waals surface area (Å²) in [4.78, 5) is 19.7. The van der Waals surface area contributed by atoms with Gasteiger partial charge < -0.3 is 19.4 Å². The van der Waals surface area contributed by atoms with Gasteiger partial charge in [0.25, 0.3) is 5.91 Å². The lowest BCUT2D eigenvalue weighted by atomic mass is 10.1. The summed E-state index contributed by atoms with van der Waals surface area (Å²) in [6.45, 7) is 10.1. The van der Waals surface area contributed by atoms with Crippen LogP contribution in [0.25, 0.3) is 0 Å². The summed E-state index contributed by atoms with van der Waals surface area (Å²) >= 11 is 0. The summed E-state index contributed by atoms with van der Waals surface area (Å²) in [7, 11) is 3.20. The molecule has 1 aliphatic rings. The Morgan fingerprint density at radius 1 is 1.18 bits per heavy atom. The van der Waals surface area contributed by atoms with Crippen molar-refractivity contribution in [3.63, 3.8) is 0 Å². The number of nitrogens with zero attached hydrogens (tertiary/aromatic N) is 3. The van der Waals surface area contributed by atoms with Crippen LogP contribution in [0.15, 0.2) is 24.4 Å². The van der Waals surface area contributed by atoms with Crippen molar-refractivity contribution in [3.8, 4) is 11.5 Å². The molecule has 28 heavy (non-hydrogen) atoms. The average Bonchev–Trinajstić information content (AvgIpc) is 3.10. The summed E-state index contributed by atoms with van der Waals surface area (Å²) < 4.78 is 12.7. The lowest BCUT2D eigenvalue weighted by Crippen LogP contribution is -2.35. The minimum Gasteiger partial charge on any atom is -0.493 e. The number of nitrogens with one attached hydrogen (secondary N) is 1. The molecule has 7 nitrogen and oxygen atoms in total. The third kappa shape index (κ3) is 4.47. The molecule has 0 fully saturated rings. The normalized spacial score (nSPS) is 15.2. The Kier molecular flexibility index (Phi) is 6.24. The number of hydrogen-bond donors (Lipinski definition) is 1. The van der Waals surface area contributed by atoms with E-state index in [4.69, 9.17) is 9.47 Å². The number of hydrogen-bond acceptors (Lipinski definition) is 5. The maximum Gasteiger partial charge on any atom is 0.271 e. The number of aromatic nitrogens is 2. The van der Waals surface area contributed by atoms with Crippen LogP contribution < -0.4 is 14.8 Å². The summed E-state index contributed by atoms with van der Waals surface area (Å²) in [6, 6.07) is 5.47. The average molecular weight is 386 g/mol. The maximum atomic E-state index is 12.7. The van der Waals surface area contributed by atoms with E-state index in [0.717, 1.165) is 37.6 Å². The number of ether oxygens (including phenoxy) is 2. The molecular formula is C21H30N4O3. The van der Waals surface area contributed by atoms with Gasteiger partial charge in [-0.3, -0.25) is 9.69 Å². The van der Waals surface area contributed by atoms with Crippen LogP contribution in [0.2, 0.25) is 0 Å². The van der Waals surface area contributed by atoms with Crippen LogP contribution in [0.5, 0.6) is 11.5 Å². The molecular weight excluding hydrogens is 356 g/mol. The second kappa shape index (κ2) is 8.65. The quantitative estimate of drug-likeness (QED) is 0.792. The van der Waals surface area contributed by atoms with Crippen LogP contribution in [-0.4, -0.2) is 47.7 Å². The van der Waals surface area contributed by atoms with E-state index in [9.17, 15) is 4.79 Å². The standard InChI is InChI=1S/C21H30N4O3/c1-14(2)11-24-8-9-25-12-17(23-20(25)13-24)21(26)22-15(3)16-6-7-18(27-4)19(10-16)28-5/h6-7,10,12,14-15H,8-9,11,13H2,1-5H3,(H,22,26). The Hall–Kier alpha value is -2.54. The number of imidazole rings is 1. The zero-order chi connectivity index (χ0) is 20.3. The highest BCUT2D eigenvalue weighted by Gasteiger charge is 2.22. The fourth-order valence-electron chi connectivity index (χ4n) is 3.56. The molecule has 0 spiro atoms. The number of methoxy groups -OCH3 is 2. The first-order chi connectivity index (χ1) is 13.4. The molecule has 152 valence electrons. The van der Waals surface area contributed by atoms with E-state index < -0.39 is 0 Å². The molecule has 1 aliphatic heterocycles. The highest BCUT2D eigenvalue weighted by atomic mass is 16.5. The van der Waals surface area contributed by atoms with Crippen molar-refractivity contribution in [1.82, 2.24) is 19.8 Å². The van der Waals surface area contributed by atoms with E-state index in [2.05, 4.69) is 33.6 Å². The number of carbonyl (C=O) groups excluding carboxylic acids is 1. The Labute approximate surface area is 166 Å². The van der Waals surface area contributed by atoms with Gasteiger partial charge in [-0.15, -0.1) is 0 Å². The summed E-state index contributed by atoms with van der Waals surface area (Å²) in [5, 5.41) is 3.03. The van der Waals surface area contributed by atoms with Crippen molar-refractivity contribution >= 4 is 5.91 Å². The van der Waals surface area contributed by atoms with Gasteiger partial charge in [0, 0.05) is 25.8 Å². The smallest absolute Gasteiger partial charge is 0.271 e. The zero-order valence-corrected chi connectivity index (χ0v) is 17.4. The van der Waals surface area contributed by atoms with E-state index in [0.29, 0.717) is 23.1 Å². The van der Waals surface area contributed by atoms with Crippen LogP contribution in [0, 0.1) is 5.92 Å². The molecule has 1 unspecified atom stereocenters. The molecule has 0 aliphatic carbocycles. The first-order valence-corrected chi connectivity index (χ1v) is 9.72. The third-order valence-electron chi connectivity index (χ3n) is 4.99. The molecule has 2 aromatic rings. The van der Waals surface area contributed by atoms with Crippen molar-refractivity contribution in [2.75, 3.05) is 27.3 Å². The molecule has 7 heteroatoms. The first kappa shape index (κ1) is 20.2. The monoisotopic (exact) mass is 386 g/mol. The van der Waals surface area contributed by atoms with E-state index in [-0.39, 0.29) is 11.9 Å². The molecule has 2 heterocycles. The zero-order valence-electron chi connectivity index (χ0n) is 17.4. The summed E-state index contributed by atoms with van der Waals surface area (Å²) in [6.07, 6.45) is 1.86. The van der Waals surface area contributed by atoms with E-state index >= 15 is 0 Å². The van der Waals surface area contributed by atoms with Crippen molar-refractivity contribution < 1.29 is 14.3 Å². The molecule has 1 atom stereocenters. The maximum absolute atomic E-state index is 12.7. The highest BCUT2D eigenvalue weighted by molar-refractivity contribution is 5.92. The molecule has 1 aromatic carbocycles. The SMILES string of the molecule is COc1ccc(C(C)NC(=O)c2cn3c(n2)CN(CC(C)C)CC3)cc1OC. The van der Waals surface area contributed by atoms with Gasteiger partial charge in [0.15, 0.2) is 11.5 Å². The van der Waals surface area contributed by atoms with Gasteiger partial charge in [-0.1, -0.05) is 19.9 Å². The minimum atomic E-state index is -0.177. The molecule has 1 amide bonds. The molecule has 1 aromatic heterocycles. The van der Waals surface area contributed by atoms with Crippen LogP contribution in [0.1, 0.15) is 48.7 Å². The lowest BCUT2D eigenvalue weighted by Gasteiger charge is -2.28. The molecule has 0 saturated heterocycles. The van der Waals surface area contributed by atoms with Crippen molar-refractivity contribution in [2.45, 2.75) is 39.9 Å². The van der Waals surface area contributed by atoms with Crippen LogP contribution >= 0.6 is 0 Å². The Bertz CT molecular complexity index is 831. The van der Waals surface area contributed by atoms with Gasteiger partial charge in [0.1, 0.15) is 11.5 Å². The Morgan fingerprint density at radius 3 is 2.61 bits per heavy atom. The van der Waals surface area contributed by atoms with Gasteiger partial charge >= 0.3 is 0 Å². The van der Waals surface area contributed by atoms with Gasteiger partial charge in [-0.25, -0.2) is 4.98 Å². The number of carbonyl (C=O) groups is 1. The van der Waals surface area contributed by atoms with Gasteiger partial charge in [0.2, 0.25) is 0 Å². The van der Waals surface area contributed by atoms with Gasteiger partial charge in [-0.2, -0.15) is 0 Å². The fourth-order valence-corrected chi connectivity index (χ4v) is 3.56. The van der Waals surface area contributed by atoms with E-state index in [1.807, 2.05) is 31.3 Å². The number of benzene rings is 1. The Morgan fingerprint density at radius 2 is 1.93 bits per heavy atom. The van der Waals surface area contributed by atoms with Crippen molar-refractivity contribution in [1.29, 1.82) is 0 Å². The van der Waals surface area contributed by atoms with Crippen molar-refractivity contribution in [3.05, 3.63) is 41.5 Å². The topological polar surface area (TPSA) is 68.6 Å². The van der Waals surface area contributed by atoms with E-state index in [1.165, 1.54) is 0 Å². The van der Waals surface area contributed by atoms with E-state index in [1.54, 1.807) is 14.2 Å². The van der Waals surface area contributed by atoms with Gasteiger partial charge in [-0.05, 0) is 30.5 Å². The molecule has 0 bridgehead atoms. The predicted molar refractivity (Wildman–Crippen MR) is 108 cm³/mol. The van der Waals surface area contributed by atoms with Crippen LogP contribution in [0.3, 0.4) is 0 Å². The van der Waals surface area contributed by atoms with Crippen molar-refractivity contribution in [2.24, 2.45) is 5.92 Å². The highest BCUT2D eigenvalue weighted by Crippen LogP contribution is 2.30. The van der Waals surface area contributed by atoms with Crippen LogP contribution in [-0.2, 0) is 13.1 Å². The number of rotatable bonds is 7. The second-order valence-corrected chi connectivity index (χ2v) is 7.67. The first-order valence-electron chi connectivity index (χ1n) is 9.72. The second-order valence-electron chi connectivity index (χ2n) is 7.67. The third-order valence-corrected chi connectivity index (χ3v) is 4.99. The van der Waals surface area contributed by atoms with Gasteiger partial charge in [0.05, 0.1) is 26.8 Å². The largest absolute Gasteiger partial charge is 0.493 e. The Balaban J connectivity index is 1.68. The molecule has 3 rings (SSSR count). The fraction of sp³-hybridized carbons (Fsp3) is 0.524. The summed E-state index contributed by atoms with van der Waals surface area (Å²) in [5.41, 5.74) is 1.41.